The van der Waals surface area contributed by atoms with Gasteiger partial charge in [0, 0.05) is 19.5 Å². The molecule has 22 heavy (non-hydrogen) atoms. The van der Waals surface area contributed by atoms with Gasteiger partial charge < -0.3 is 20.1 Å². The van der Waals surface area contributed by atoms with Crippen molar-refractivity contribution in [2.45, 2.75) is 39.5 Å². The fraction of sp³-hybridized carbons (Fsp3) is 0.588. The van der Waals surface area contributed by atoms with Gasteiger partial charge in [-0.2, -0.15) is 0 Å². The molecule has 0 aliphatic carbocycles. The first-order valence-electron chi connectivity index (χ1n) is 7.82. The van der Waals surface area contributed by atoms with Crippen molar-refractivity contribution in [3.05, 3.63) is 17.7 Å². The molecule has 0 bridgehead atoms. The molecule has 0 saturated heterocycles. The number of benzene rings is 1. The van der Waals surface area contributed by atoms with Crippen LogP contribution in [0.15, 0.2) is 12.1 Å². The fourth-order valence-electron chi connectivity index (χ4n) is 2.43. The lowest BCUT2D eigenvalue weighted by Gasteiger charge is -2.27. The van der Waals surface area contributed by atoms with Crippen LogP contribution >= 0.6 is 0 Å². The molecule has 1 aromatic carbocycles. The van der Waals surface area contributed by atoms with E-state index in [1.165, 1.54) is 0 Å². The third kappa shape index (κ3) is 4.63. The Morgan fingerprint density at radius 1 is 1.18 bits per heavy atom. The molecule has 5 nitrogen and oxygen atoms in total. The molecule has 0 aliphatic heterocycles. The summed E-state index contributed by atoms with van der Waals surface area (Å²) in [4.78, 5) is 14.2. The standard InChI is InChI=1S/C17H28N2O3/c1-5-6-7-10-19(16(20)8-9-18)17-14(21-3)11-13(2)12-15(17)22-4/h11-12H,5-10,18H2,1-4H3. The van der Waals surface area contributed by atoms with Crippen LogP contribution in [0.1, 0.15) is 38.2 Å². The van der Waals surface area contributed by atoms with E-state index >= 15 is 0 Å². The second kappa shape index (κ2) is 9.30. The molecule has 0 atom stereocenters. The number of anilines is 1. The Balaban J connectivity index is 3.23. The number of amides is 1. The highest BCUT2D eigenvalue weighted by atomic mass is 16.5. The minimum absolute atomic E-state index is 0.000874. The van der Waals surface area contributed by atoms with Crippen molar-refractivity contribution < 1.29 is 14.3 Å². The minimum atomic E-state index is -0.000874. The second-order valence-electron chi connectivity index (χ2n) is 5.31. The van der Waals surface area contributed by atoms with E-state index in [1.54, 1.807) is 19.1 Å². The normalized spacial score (nSPS) is 10.4. The largest absolute Gasteiger partial charge is 0.494 e. The maximum atomic E-state index is 12.5. The molecule has 1 amide bonds. The van der Waals surface area contributed by atoms with Crippen LogP contribution in [0.2, 0.25) is 0 Å². The summed E-state index contributed by atoms with van der Waals surface area (Å²) < 4.78 is 11.0. The van der Waals surface area contributed by atoms with Gasteiger partial charge in [-0.1, -0.05) is 19.8 Å². The SMILES string of the molecule is CCCCCN(C(=O)CCN)c1c(OC)cc(C)cc1OC. The van der Waals surface area contributed by atoms with Crippen LogP contribution in [-0.2, 0) is 4.79 Å². The Kier molecular flexibility index (Phi) is 7.74. The van der Waals surface area contributed by atoms with Crippen molar-refractivity contribution in [2.24, 2.45) is 5.73 Å². The molecular weight excluding hydrogens is 280 g/mol. The van der Waals surface area contributed by atoms with Gasteiger partial charge in [0.05, 0.1) is 14.2 Å². The van der Waals surface area contributed by atoms with E-state index in [2.05, 4.69) is 6.92 Å². The van der Waals surface area contributed by atoms with E-state index in [0.29, 0.717) is 36.7 Å². The van der Waals surface area contributed by atoms with Gasteiger partial charge in [-0.15, -0.1) is 0 Å². The number of aryl methyl sites for hydroxylation is 1. The second-order valence-corrected chi connectivity index (χ2v) is 5.31. The number of hydrogen-bond donors (Lipinski definition) is 1. The third-order valence-corrected chi connectivity index (χ3v) is 3.54. The summed E-state index contributed by atoms with van der Waals surface area (Å²) in [7, 11) is 3.21. The van der Waals surface area contributed by atoms with E-state index in [-0.39, 0.29) is 5.91 Å². The van der Waals surface area contributed by atoms with E-state index in [4.69, 9.17) is 15.2 Å². The zero-order chi connectivity index (χ0) is 16.5. The summed E-state index contributed by atoms with van der Waals surface area (Å²) in [5.41, 5.74) is 7.28. The van der Waals surface area contributed by atoms with Gasteiger partial charge in [0.2, 0.25) is 5.91 Å². The molecule has 0 aromatic heterocycles. The highest BCUT2D eigenvalue weighted by Crippen LogP contribution is 2.39. The molecule has 2 N–H and O–H groups in total. The predicted octanol–water partition coefficient (Wildman–Crippen LogP) is 2.88. The van der Waals surface area contributed by atoms with Crippen LogP contribution in [0.4, 0.5) is 5.69 Å². The molecule has 0 radical (unpaired) electrons. The van der Waals surface area contributed by atoms with Crippen molar-refractivity contribution in [1.82, 2.24) is 0 Å². The number of unbranched alkanes of at least 4 members (excludes halogenated alkanes) is 2. The summed E-state index contributed by atoms with van der Waals surface area (Å²) in [6, 6.07) is 3.83. The lowest BCUT2D eigenvalue weighted by molar-refractivity contribution is -0.118. The summed E-state index contributed by atoms with van der Waals surface area (Å²) in [5.74, 6) is 1.30. The average molecular weight is 308 g/mol. The monoisotopic (exact) mass is 308 g/mol. The Morgan fingerprint density at radius 3 is 2.23 bits per heavy atom. The zero-order valence-corrected chi connectivity index (χ0v) is 14.1. The first-order valence-corrected chi connectivity index (χ1v) is 7.82. The maximum Gasteiger partial charge on any atom is 0.228 e. The molecule has 0 unspecified atom stereocenters. The van der Waals surface area contributed by atoms with Crippen LogP contribution in [0.3, 0.4) is 0 Å². The van der Waals surface area contributed by atoms with Gasteiger partial charge in [0.15, 0.2) is 0 Å². The molecule has 1 aromatic rings. The van der Waals surface area contributed by atoms with Crippen LogP contribution in [0, 0.1) is 6.92 Å². The Bertz CT molecular complexity index is 464. The average Bonchev–Trinajstić information content (AvgIpc) is 2.51. The first kappa shape index (κ1) is 18.3. The van der Waals surface area contributed by atoms with Gasteiger partial charge in [0.25, 0.3) is 0 Å². The van der Waals surface area contributed by atoms with E-state index in [0.717, 1.165) is 24.8 Å². The van der Waals surface area contributed by atoms with Crippen molar-refractivity contribution in [3.8, 4) is 11.5 Å². The van der Waals surface area contributed by atoms with Gasteiger partial charge in [-0.05, 0) is 31.0 Å². The molecule has 124 valence electrons. The summed E-state index contributed by atoms with van der Waals surface area (Å²) >= 11 is 0. The number of carbonyl (C=O) groups excluding carboxylic acids is 1. The van der Waals surface area contributed by atoms with Crippen molar-refractivity contribution in [1.29, 1.82) is 0 Å². The lowest BCUT2D eigenvalue weighted by Crippen LogP contribution is -2.34. The van der Waals surface area contributed by atoms with Gasteiger partial charge in [-0.25, -0.2) is 0 Å². The highest BCUT2D eigenvalue weighted by molar-refractivity contribution is 5.97. The Labute approximate surface area is 133 Å². The summed E-state index contributed by atoms with van der Waals surface area (Å²) in [6.07, 6.45) is 3.42. The zero-order valence-electron chi connectivity index (χ0n) is 14.1. The first-order chi connectivity index (χ1) is 10.6. The topological polar surface area (TPSA) is 64.8 Å². The molecule has 5 heteroatoms. The molecular formula is C17H28N2O3. The van der Waals surface area contributed by atoms with Crippen molar-refractivity contribution >= 4 is 11.6 Å². The number of ether oxygens (including phenoxy) is 2. The highest BCUT2D eigenvalue weighted by Gasteiger charge is 2.23. The third-order valence-electron chi connectivity index (χ3n) is 3.54. The van der Waals surface area contributed by atoms with Crippen molar-refractivity contribution in [2.75, 3.05) is 32.2 Å². The van der Waals surface area contributed by atoms with Gasteiger partial charge in [-0.3, -0.25) is 4.79 Å². The number of rotatable bonds is 9. The number of carbonyl (C=O) groups is 1. The van der Waals surface area contributed by atoms with Gasteiger partial charge in [0.1, 0.15) is 17.2 Å². The van der Waals surface area contributed by atoms with Crippen molar-refractivity contribution in [3.63, 3.8) is 0 Å². The van der Waals surface area contributed by atoms with E-state index in [9.17, 15) is 4.79 Å². The molecule has 0 heterocycles. The summed E-state index contributed by atoms with van der Waals surface area (Å²) in [5, 5.41) is 0. The molecule has 0 fully saturated rings. The summed E-state index contributed by atoms with van der Waals surface area (Å²) in [6.45, 7) is 5.08. The molecule has 0 aliphatic rings. The predicted molar refractivity (Wildman–Crippen MR) is 89.8 cm³/mol. The number of nitrogens with two attached hydrogens (primary N) is 1. The molecule has 0 saturated carbocycles. The molecule has 0 spiro atoms. The Hall–Kier alpha value is -1.75. The lowest BCUT2D eigenvalue weighted by atomic mass is 10.1. The number of nitrogens with zero attached hydrogens (tertiary/aromatic N) is 1. The smallest absolute Gasteiger partial charge is 0.228 e. The van der Waals surface area contributed by atoms with E-state index < -0.39 is 0 Å². The molecule has 1 rings (SSSR count). The van der Waals surface area contributed by atoms with Crippen LogP contribution in [-0.4, -0.2) is 33.2 Å². The van der Waals surface area contributed by atoms with Gasteiger partial charge >= 0.3 is 0 Å². The number of hydrogen-bond acceptors (Lipinski definition) is 4. The van der Waals surface area contributed by atoms with Crippen LogP contribution < -0.4 is 20.1 Å². The number of methoxy groups -OCH3 is 2. The van der Waals surface area contributed by atoms with Crippen LogP contribution in [0.5, 0.6) is 11.5 Å². The maximum absolute atomic E-state index is 12.5. The van der Waals surface area contributed by atoms with Crippen LogP contribution in [0.25, 0.3) is 0 Å². The quantitative estimate of drug-likeness (QED) is 0.712. The fourth-order valence-corrected chi connectivity index (χ4v) is 2.43. The van der Waals surface area contributed by atoms with E-state index in [1.807, 2.05) is 19.1 Å². The Morgan fingerprint density at radius 2 is 1.77 bits per heavy atom. The minimum Gasteiger partial charge on any atom is -0.494 e.